The third-order valence-corrected chi connectivity index (χ3v) is 13.0. The van der Waals surface area contributed by atoms with Gasteiger partial charge in [-0.05, 0) is 19.3 Å². The quantitative estimate of drug-likeness (QED) is 0.0314. The van der Waals surface area contributed by atoms with E-state index in [9.17, 15) is 28.8 Å². The van der Waals surface area contributed by atoms with Crippen LogP contribution in [0.15, 0.2) is 14.4 Å². The summed E-state index contributed by atoms with van der Waals surface area (Å²) >= 11 is 0. The Hall–Kier alpha value is -1.08. The van der Waals surface area contributed by atoms with Crippen LogP contribution in [0.5, 0.6) is 0 Å². The molecular formula is C30H54N3O9S6+3. The molecule has 0 aromatic carbocycles. The van der Waals surface area contributed by atoms with Gasteiger partial charge in [0.2, 0.25) is 19.8 Å². The van der Waals surface area contributed by atoms with Crippen LogP contribution in [0.2, 0.25) is 0 Å². The summed E-state index contributed by atoms with van der Waals surface area (Å²) in [4.78, 5) is 70.1. The lowest BCUT2D eigenvalue weighted by Crippen LogP contribution is -2.55. The molecule has 0 fully saturated rings. The minimum atomic E-state index is -0.867. The fourth-order valence-corrected chi connectivity index (χ4v) is 9.10. The summed E-state index contributed by atoms with van der Waals surface area (Å²) < 4.78 is 18.6. The Labute approximate surface area is 307 Å². The highest BCUT2D eigenvalue weighted by molar-refractivity contribution is 8.82. The number of ether oxygens (including phenoxy) is 3. The maximum Gasteiger partial charge on any atom is 0.561 e. The van der Waals surface area contributed by atoms with E-state index in [2.05, 4.69) is 20.8 Å². The fourth-order valence-electron chi connectivity index (χ4n) is 4.04. The van der Waals surface area contributed by atoms with Crippen LogP contribution in [-0.2, 0) is 33.8 Å². The molecule has 0 aliphatic carbocycles. The van der Waals surface area contributed by atoms with Crippen LogP contribution in [0.1, 0.15) is 97.8 Å². The third kappa shape index (κ3) is 20.6. The highest BCUT2D eigenvalue weighted by atomic mass is 33.1. The van der Waals surface area contributed by atoms with Crippen molar-refractivity contribution in [1.29, 1.82) is 0 Å². The molecule has 1 heterocycles. The number of rotatable bonds is 27. The zero-order valence-corrected chi connectivity index (χ0v) is 33.3. The fraction of sp³-hybridized carbons (Fsp3) is 0.800. The molecule has 18 heteroatoms. The van der Waals surface area contributed by atoms with Gasteiger partial charge in [-0.3, -0.25) is 0 Å². The Kier molecular flexibility index (Phi) is 27.7. The first kappa shape index (κ1) is 44.9. The molecule has 3 N–H and O–H groups in total. The molecular weight excluding hydrogens is 739 g/mol. The summed E-state index contributed by atoms with van der Waals surface area (Å²) in [6.45, 7) is 5.19. The summed E-state index contributed by atoms with van der Waals surface area (Å²) in [5.74, 6) is 2.55. The zero-order chi connectivity index (χ0) is 35.4. The van der Waals surface area contributed by atoms with Crippen molar-refractivity contribution in [3.8, 4) is 0 Å². The van der Waals surface area contributed by atoms with Crippen molar-refractivity contribution in [3.63, 3.8) is 0 Å². The molecule has 0 aliphatic rings. The van der Waals surface area contributed by atoms with Gasteiger partial charge in [-0.15, -0.1) is 0 Å². The van der Waals surface area contributed by atoms with Gasteiger partial charge in [0.15, 0.2) is 0 Å². The lowest BCUT2D eigenvalue weighted by Gasteiger charge is -2.11. The lowest BCUT2D eigenvalue weighted by atomic mass is 10.2. The topological polar surface area (TPSA) is 158 Å². The Bertz CT molecular complexity index is 1060. The van der Waals surface area contributed by atoms with E-state index < -0.39 is 17.1 Å². The molecule has 0 bridgehead atoms. The molecule has 1 aromatic rings. The number of carbonyl (C=O) groups excluding carboxylic acids is 3. The standard InChI is InChI=1S/C30H51N3O9S6/c1-4-7-10-13-22-43-46-28(37)40-19-16-31-25(34)32(17-20-41-29(38)47-44-23-14-11-8-5-2)27(36)33(26(31)35)18-21-42-30(39)48-45-24-15-12-9-6-3/h4-24H2,1-3H3/p+3. The summed E-state index contributed by atoms with van der Waals surface area (Å²) in [7, 11) is 7.62. The predicted molar refractivity (Wildman–Crippen MR) is 210 cm³/mol. The van der Waals surface area contributed by atoms with E-state index in [0.717, 1.165) is 140 Å². The van der Waals surface area contributed by atoms with Crippen molar-refractivity contribution in [2.24, 2.45) is 0 Å². The largest absolute Gasteiger partial charge is 0.561 e. The molecule has 0 aliphatic heterocycles. The normalized spacial score (nSPS) is 11.1. The number of unbranched alkanes of at least 4 members (excludes halogenated alkanes) is 9. The Balaban J connectivity index is 2.85. The molecule has 0 spiro atoms. The first-order valence-electron chi connectivity index (χ1n) is 16.7. The average Bonchev–Trinajstić information content (AvgIpc) is 3.07. The number of aromatic nitrogens is 3. The van der Waals surface area contributed by atoms with Gasteiger partial charge in [0, 0.05) is 17.3 Å². The van der Waals surface area contributed by atoms with Crippen molar-refractivity contribution >= 4 is 80.7 Å². The van der Waals surface area contributed by atoms with Crippen molar-refractivity contribution in [1.82, 2.24) is 13.7 Å². The molecule has 0 atom stereocenters. The van der Waals surface area contributed by atoms with E-state index in [0.29, 0.717) is 0 Å². The molecule has 276 valence electrons. The monoisotopic (exact) mass is 792 g/mol. The molecule has 48 heavy (non-hydrogen) atoms. The van der Waals surface area contributed by atoms with Crippen LogP contribution in [0.25, 0.3) is 0 Å². The summed E-state index contributed by atoms with van der Waals surface area (Å²) in [5, 5.41) is -0.840. The Morgan fingerprint density at radius 3 is 1.00 bits per heavy atom. The SMILES string of the molecule is CCCCCCSSC(=[OH+])OCCn1c(=O)n(CCOC(=[OH+])SSCCCCCC)c(=O)n(CCOC(=[OH+])SSCCCCCC)c1=O. The van der Waals surface area contributed by atoms with Crippen LogP contribution >= 0.6 is 64.8 Å². The van der Waals surface area contributed by atoms with Crippen LogP contribution < -0.4 is 17.1 Å². The molecule has 0 saturated carbocycles. The van der Waals surface area contributed by atoms with Gasteiger partial charge in [-0.25, -0.2) is 28.1 Å². The highest BCUT2D eigenvalue weighted by Gasteiger charge is 2.22. The third-order valence-electron chi connectivity index (χ3n) is 6.64. The lowest BCUT2D eigenvalue weighted by molar-refractivity contribution is 0.237. The number of hydrogen-bond acceptors (Lipinski definition) is 12. The van der Waals surface area contributed by atoms with E-state index in [-0.39, 0.29) is 55.4 Å². The molecule has 0 saturated heterocycles. The van der Waals surface area contributed by atoms with Gasteiger partial charge >= 0.3 is 33.0 Å². The van der Waals surface area contributed by atoms with Crippen LogP contribution in [-0.4, -0.2) is 81.1 Å². The van der Waals surface area contributed by atoms with Crippen molar-refractivity contribution in [3.05, 3.63) is 31.5 Å². The van der Waals surface area contributed by atoms with Crippen LogP contribution in [0.3, 0.4) is 0 Å². The predicted octanol–water partition coefficient (Wildman–Crippen LogP) is 6.49. The Morgan fingerprint density at radius 1 is 0.479 bits per heavy atom. The molecule has 1 aromatic heterocycles. The molecule has 0 radical (unpaired) electrons. The summed E-state index contributed by atoms with van der Waals surface area (Å²) in [5.41, 5.74) is -2.60. The van der Waals surface area contributed by atoms with Crippen molar-refractivity contribution in [2.45, 2.75) is 117 Å². The van der Waals surface area contributed by atoms with Gasteiger partial charge in [-0.1, -0.05) is 111 Å². The van der Waals surface area contributed by atoms with E-state index >= 15 is 0 Å². The first-order chi connectivity index (χ1) is 23.3. The average molecular weight is 793 g/mol. The van der Waals surface area contributed by atoms with E-state index in [1.165, 1.54) is 32.4 Å². The minimum Gasteiger partial charge on any atom is -0.329 e. The highest BCUT2D eigenvalue weighted by Crippen LogP contribution is 2.25. The smallest absolute Gasteiger partial charge is 0.329 e. The maximum atomic E-state index is 13.3. The number of hydrogen-bond donors (Lipinski definition) is 0. The molecule has 1 rings (SSSR count). The second-order valence-corrected chi connectivity index (χ2v) is 17.6. The van der Waals surface area contributed by atoms with Gasteiger partial charge in [0.05, 0.1) is 52.0 Å². The van der Waals surface area contributed by atoms with E-state index in [1.54, 1.807) is 0 Å². The van der Waals surface area contributed by atoms with Gasteiger partial charge in [0.1, 0.15) is 0 Å². The first-order valence-corrected chi connectivity index (χ1v) is 23.6. The molecule has 0 amide bonds. The second-order valence-electron chi connectivity index (χ2n) is 10.5. The Morgan fingerprint density at radius 2 is 0.750 bits per heavy atom. The maximum absolute atomic E-state index is 13.3. The molecule has 0 unspecified atom stereocenters. The van der Waals surface area contributed by atoms with Crippen LogP contribution in [0.4, 0.5) is 0 Å². The van der Waals surface area contributed by atoms with E-state index in [1.807, 2.05) is 0 Å². The number of nitrogens with zero attached hydrogens (tertiary/aromatic N) is 3. The zero-order valence-electron chi connectivity index (χ0n) is 28.4. The summed E-state index contributed by atoms with van der Waals surface area (Å²) in [6.07, 6.45) is 13.4. The second kappa shape index (κ2) is 29.6. The minimum absolute atomic E-state index is 0.184. The van der Waals surface area contributed by atoms with Crippen LogP contribution in [0, 0.1) is 0 Å². The van der Waals surface area contributed by atoms with Gasteiger partial charge in [0.25, 0.3) is 0 Å². The van der Waals surface area contributed by atoms with Gasteiger partial charge < -0.3 is 28.6 Å². The summed E-state index contributed by atoms with van der Waals surface area (Å²) in [6, 6.07) is 0. The van der Waals surface area contributed by atoms with Gasteiger partial charge in [-0.2, -0.15) is 0 Å². The molecule has 12 nitrogen and oxygen atoms in total. The van der Waals surface area contributed by atoms with E-state index in [4.69, 9.17) is 14.2 Å². The van der Waals surface area contributed by atoms with Crippen molar-refractivity contribution in [2.75, 3.05) is 37.1 Å². The van der Waals surface area contributed by atoms with Crippen molar-refractivity contribution < 1.29 is 28.6 Å².